The number of nitro benzene ring substituents is 1. The Kier molecular flexibility index (Phi) is 6.08. The van der Waals surface area contributed by atoms with Crippen molar-refractivity contribution in [2.24, 2.45) is 5.92 Å². The minimum absolute atomic E-state index is 0.0534. The van der Waals surface area contributed by atoms with Gasteiger partial charge in [0, 0.05) is 24.4 Å². The van der Waals surface area contributed by atoms with Gasteiger partial charge in [0.05, 0.1) is 15.5 Å². The Morgan fingerprint density at radius 2 is 1.89 bits per heavy atom. The summed E-state index contributed by atoms with van der Waals surface area (Å²) >= 11 is 6.01. The number of benzene rings is 2. The van der Waals surface area contributed by atoms with Gasteiger partial charge >= 0.3 is 0 Å². The number of nitrogens with one attached hydrogen (secondary N) is 1. The third-order valence-electron chi connectivity index (χ3n) is 4.90. The Labute approximate surface area is 163 Å². The molecule has 0 saturated carbocycles. The van der Waals surface area contributed by atoms with Crippen molar-refractivity contribution >= 4 is 28.9 Å². The quantitative estimate of drug-likeness (QED) is 0.594. The van der Waals surface area contributed by atoms with E-state index in [0.717, 1.165) is 25.6 Å². The van der Waals surface area contributed by atoms with Crippen molar-refractivity contribution in [3.05, 3.63) is 68.7 Å². The summed E-state index contributed by atoms with van der Waals surface area (Å²) in [4.78, 5) is 25.0. The summed E-state index contributed by atoms with van der Waals surface area (Å²) in [5, 5.41) is 13.6. The van der Waals surface area contributed by atoms with E-state index in [1.54, 1.807) is 0 Å². The molecule has 0 radical (unpaired) electrons. The van der Waals surface area contributed by atoms with Gasteiger partial charge in [0.1, 0.15) is 0 Å². The minimum Gasteiger partial charge on any atom is -0.322 e. The van der Waals surface area contributed by atoms with Crippen LogP contribution in [0.2, 0.25) is 5.02 Å². The number of non-ortho nitro benzene ring substituents is 1. The van der Waals surface area contributed by atoms with Gasteiger partial charge in [0.2, 0.25) is 0 Å². The van der Waals surface area contributed by atoms with Crippen molar-refractivity contribution < 1.29 is 9.72 Å². The highest BCUT2D eigenvalue weighted by atomic mass is 35.5. The largest absolute Gasteiger partial charge is 0.322 e. The summed E-state index contributed by atoms with van der Waals surface area (Å²) in [6.07, 6.45) is 2.48. The number of piperidine rings is 1. The fourth-order valence-corrected chi connectivity index (χ4v) is 3.43. The molecule has 1 fully saturated rings. The third-order valence-corrected chi connectivity index (χ3v) is 5.22. The first-order valence-electron chi connectivity index (χ1n) is 8.99. The molecule has 0 spiro atoms. The van der Waals surface area contributed by atoms with Gasteiger partial charge in [-0.3, -0.25) is 19.8 Å². The van der Waals surface area contributed by atoms with E-state index in [9.17, 15) is 14.9 Å². The molecule has 142 valence electrons. The van der Waals surface area contributed by atoms with Crippen LogP contribution in [0.5, 0.6) is 0 Å². The molecule has 6 nitrogen and oxygen atoms in total. The summed E-state index contributed by atoms with van der Waals surface area (Å²) in [5.74, 6) is 0.415. The van der Waals surface area contributed by atoms with Crippen molar-refractivity contribution in [3.63, 3.8) is 0 Å². The molecule has 0 aliphatic carbocycles. The van der Waals surface area contributed by atoms with E-state index in [0.29, 0.717) is 5.69 Å². The van der Waals surface area contributed by atoms with Crippen LogP contribution in [0, 0.1) is 16.0 Å². The predicted octanol–water partition coefficient (Wildman–Crippen LogP) is 4.73. The number of hydrogen-bond acceptors (Lipinski definition) is 4. The number of anilines is 1. The fraction of sp³-hybridized carbons (Fsp3) is 0.350. The number of nitro groups is 1. The predicted molar refractivity (Wildman–Crippen MR) is 106 cm³/mol. The lowest BCUT2D eigenvalue weighted by Gasteiger charge is -2.30. The van der Waals surface area contributed by atoms with Gasteiger partial charge < -0.3 is 5.32 Å². The first-order chi connectivity index (χ1) is 12.9. The monoisotopic (exact) mass is 387 g/mol. The van der Waals surface area contributed by atoms with Gasteiger partial charge in [-0.1, -0.05) is 30.7 Å². The second-order valence-electron chi connectivity index (χ2n) is 7.03. The average molecular weight is 388 g/mol. The van der Waals surface area contributed by atoms with E-state index in [4.69, 9.17) is 11.6 Å². The molecule has 1 aliphatic heterocycles. The number of likely N-dealkylation sites (tertiary alicyclic amines) is 1. The Bertz CT molecular complexity index is 831. The summed E-state index contributed by atoms with van der Waals surface area (Å²) < 4.78 is 0. The zero-order valence-electron chi connectivity index (χ0n) is 15.2. The first-order valence-corrected chi connectivity index (χ1v) is 9.37. The van der Waals surface area contributed by atoms with Crippen LogP contribution in [0.15, 0.2) is 42.5 Å². The second-order valence-corrected chi connectivity index (χ2v) is 7.44. The lowest BCUT2D eigenvalue weighted by Crippen LogP contribution is -2.32. The summed E-state index contributed by atoms with van der Waals surface area (Å²) in [7, 11) is 0. The molecule has 2 aromatic carbocycles. The van der Waals surface area contributed by atoms with Crippen LogP contribution in [-0.2, 0) is 6.54 Å². The molecule has 1 aliphatic rings. The third kappa shape index (κ3) is 5.05. The molecule has 1 heterocycles. The molecule has 0 bridgehead atoms. The van der Waals surface area contributed by atoms with Crippen LogP contribution in [-0.4, -0.2) is 28.8 Å². The summed E-state index contributed by atoms with van der Waals surface area (Å²) in [5.41, 5.74) is 1.92. The van der Waals surface area contributed by atoms with Gasteiger partial charge in [-0.15, -0.1) is 0 Å². The van der Waals surface area contributed by atoms with Crippen molar-refractivity contribution in [1.29, 1.82) is 0 Å². The average Bonchev–Trinajstić information content (AvgIpc) is 2.65. The highest BCUT2D eigenvalue weighted by Gasteiger charge is 2.17. The molecular weight excluding hydrogens is 366 g/mol. The van der Waals surface area contributed by atoms with E-state index in [2.05, 4.69) is 17.1 Å². The van der Waals surface area contributed by atoms with Gasteiger partial charge in [0.25, 0.3) is 11.6 Å². The number of amides is 1. The molecule has 1 amide bonds. The van der Waals surface area contributed by atoms with Gasteiger partial charge in [0.15, 0.2) is 0 Å². The van der Waals surface area contributed by atoms with Crippen LogP contribution < -0.4 is 5.32 Å². The van der Waals surface area contributed by atoms with Crippen LogP contribution in [0.4, 0.5) is 11.4 Å². The Balaban J connectivity index is 1.61. The number of carbonyl (C=O) groups is 1. The molecule has 7 heteroatoms. The second kappa shape index (κ2) is 8.50. The van der Waals surface area contributed by atoms with Gasteiger partial charge in [-0.2, -0.15) is 0 Å². The lowest BCUT2D eigenvalue weighted by atomic mass is 9.99. The zero-order valence-corrected chi connectivity index (χ0v) is 15.9. The van der Waals surface area contributed by atoms with Gasteiger partial charge in [-0.05, 0) is 55.6 Å². The van der Waals surface area contributed by atoms with Crippen molar-refractivity contribution in [1.82, 2.24) is 4.90 Å². The number of carbonyl (C=O) groups excluding carboxylic acids is 1. The fourth-order valence-electron chi connectivity index (χ4n) is 3.17. The van der Waals surface area contributed by atoms with E-state index in [-0.39, 0.29) is 16.3 Å². The summed E-state index contributed by atoms with van der Waals surface area (Å²) in [6.45, 7) is 5.46. The molecule has 3 rings (SSSR count). The van der Waals surface area contributed by atoms with E-state index in [1.165, 1.54) is 36.6 Å². The Morgan fingerprint density at radius 3 is 2.48 bits per heavy atom. The normalized spacial score (nSPS) is 15.5. The van der Waals surface area contributed by atoms with Crippen molar-refractivity contribution in [2.45, 2.75) is 26.3 Å². The van der Waals surface area contributed by atoms with Crippen LogP contribution in [0.25, 0.3) is 0 Å². The van der Waals surface area contributed by atoms with Crippen molar-refractivity contribution in [3.8, 4) is 0 Å². The minimum atomic E-state index is -0.546. The van der Waals surface area contributed by atoms with E-state index in [1.807, 2.05) is 24.3 Å². The molecule has 27 heavy (non-hydrogen) atoms. The molecule has 0 atom stereocenters. The van der Waals surface area contributed by atoms with E-state index < -0.39 is 10.8 Å². The number of nitrogens with zero attached hydrogens (tertiary/aromatic N) is 2. The molecule has 0 unspecified atom stereocenters. The van der Waals surface area contributed by atoms with E-state index >= 15 is 0 Å². The highest BCUT2D eigenvalue weighted by Crippen LogP contribution is 2.24. The van der Waals surface area contributed by atoms with Crippen LogP contribution in [0.1, 0.15) is 35.7 Å². The van der Waals surface area contributed by atoms with Crippen LogP contribution >= 0.6 is 11.6 Å². The van der Waals surface area contributed by atoms with Crippen LogP contribution in [0.3, 0.4) is 0 Å². The SMILES string of the molecule is CC1CCN(Cc2ccc(NC(=O)c3ccc([N+](=O)[O-])cc3Cl)cc2)CC1. The molecular formula is C20H22ClN3O3. The molecule has 1 N–H and O–H groups in total. The highest BCUT2D eigenvalue weighted by molar-refractivity contribution is 6.34. The lowest BCUT2D eigenvalue weighted by molar-refractivity contribution is -0.384. The molecule has 0 aromatic heterocycles. The maximum absolute atomic E-state index is 12.4. The molecule has 2 aromatic rings. The zero-order chi connectivity index (χ0) is 19.4. The first kappa shape index (κ1) is 19.3. The Morgan fingerprint density at radius 1 is 1.22 bits per heavy atom. The number of rotatable bonds is 5. The van der Waals surface area contributed by atoms with Crippen molar-refractivity contribution in [2.75, 3.05) is 18.4 Å². The topological polar surface area (TPSA) is 75.5 Å². The maximum Gasteiger partial charge on any atom is 0.270 e. The van der Waals surface area contributed by atoms with Gasteiger partial charge in [-0.25, -0.2) is 0 Å². The maximum atomic E-state index is 12.4. The standard InChI is InChI=1S/C20H22ClN3O3/c1-14-8-10-23(11-9-14)13-15-2-4-16(5-3-15)22-20(25)18-7-6-17(24(26)27)12-19(18)21/h2-7,12,14H,8-11,13H2,1H3,(H,22,25). The number of halogens is 1. The molecule has 1 saturated heterocycles. The Hall–Kier alpha value is -2.44. The number of hydrogen-bond donors (Lipinski definition) is 1. The smallest absolute Gasteiger partial charge is 0.270 e. The summed E-state index contributed by atoms with van der Waals surface area (Å²) in [6, 6.07) is 11.5.